The molecule has 0 aromatic carbocycles. The summed E-state index contributed by atoms with van der Waals surface area (Å²) in [6.07, 6.45) is -4.43. The molecule has 1 aliphatic rings. The number of carbonyl (C=O) groups excluding carboxylic acids is 2. The third-order valence-electron chi connectivity index (χ3n) is 2.74. The zero-order valence-electron chi connectivity index (χ0n) is 9.25. The normalized spacial score (nSPS) is 24.6. The van der Waals surface area contributed by atoms with Gasteiger partial charge in [0, 0.05) is 13.1 Å². The molecule has 3 N–H and O–H groups in total. The number of hydrogen-bond acceptors (Lipinski definition) is 4. The van der Waals surface area contributed by atoms with E-state index in [4.69, 9.17) is 5.73 Å². The van der Waals surface area contributed by atoms with Gasteiger partial charge in [-0.25, -0.2) is 0 Å². The van der Waals surface area contributed by atoms with Crippen LogP contribution in [-0.2, 0) is 9.59 Å². The van der Waals surface area contributed by atoms with Gasteiger partial charge in [0.25, 0.3) is 0 Å². The van der Waals surface area contributed by atoms with E-state index in [0.29, 0.717) is 0 Å². The minimum Gasteiger partial charge on any atom is -0.330 e. The van der Waals surface area contributed by atoms with Gasteiger partial charge in [-0.15, -0.1) is 0 Å². The van der Waals surface area contributed by atoms with Gasteiger partial charge >= 0.3 is 6.18 Å². The van der Waals surface area contributed by atoms with E-state index in [-0.39, 0.29) is 6.54 Å². The number of carbonyl (C=O) groups is 2. The highest BCUT2D eigenvalue weighted by Gasteiger charge is 2.42. The van der Waals surface area contributed by atoms with Crippen molar-refractivity contribution in [1.82, 2.24) is 10.2 Å². The predicted molar refractivity (Wildman–Crippen MR) is 52.8 cm³/mol. The third kappa shape index (κ3) is 3.40. The van der Waals surface area contributed by atoms with E-state index in [0.717, 1.165) is 0 Å². The van der Waals surface area contributed by atoms with Crippen LogP contribution >= 0.6 is 0 Å². The number of halogens is 3. The monoisotopic (exact) mass is 253 g/mol. The Morgan fingerprint density at radius 1 is 1.53 bits per heavy atom. The van der Waals surface area contributed by atoms with Gasteiger partial charge in [-0.3, -0.25) is 19.8 Å². The van der Waals surface area contributed by atoms with Gasteiger partial charge in [-0.05, 0) is 6.92 Å². The molecule has 1 fully saturated rings. The van der Waals surface area contributed by atoms with Gasteiger partial charge in [0.05, 0.1) is 18.5 Å². The summed E-state index contributed by atoms with van der Waals surface area (Å²) in [6.45, 7) is 0.216. The maximum absolute atomic E-state index is 12.5. The van der Waals surface area contributed by atoms with Crippen LogP contribution in [0.4, 0.5) is 13.2 Å². The number of piperazine rings is 1. The Hall–Kier alpha value is -1.15. The van der Waals surface area contributed by atoms with Gasteiger partial charge < -0.3 is 5.73 Å². The second-order valence-electron chi connectivity index (χ2n) is 3.99. The fourth-order valence-electron chi connectivity index (χ4n) is 1.59. The van der Waals surface area contributed by atoms with Crippen molar-refractivity contribution in [3.05, 3.63) is 0 Å². The second kappa shape index (κ2) is 5.01. The highest BCUT2D eigenvalue weighted by Crippen LogP contribution is 2.26. The molecule has 0 aromatic heterocycles. The van der Waals surface area contributed by atoms with E-state index < -0.39 is 43.0 Å². The predicted octanol–water partition coefficient (Wildman–Crippen LogP) is -0.530. The first kappa shape index (κ1) is 13.9. The number of nitrogens with two attached hydrogens (primary N) is 1. The second-order valence-corrected chi connectivity index (χ2v) is 3.99. The molecule has 5 nitrogen and oxygen atoms in total. The van der Waals surface area contributed by atoms with Gasteiger partial charge in [-0.1, -0.05) is 0 Å². The lowest BCUT2D eigenvalue weighted by Gasteiger charge is -2.34. The molecule has 98 valence electrons. The van der Waals surface area contributed by atoms with Crippen LogP contribution in [0.3, 0.4) is 0 Å². The van der Waals surface area contributed by atoms with E-state index in [1.54, 1.807) is 0 Å². The van der Waals surface area contributed by atoms with Crippen LogP contribution in [0, 0.1) is 5.92 Å². The molecule has 0 bridgehead atoms. The van der Waals surface area contributed by atoms with Gasteiger partial charge in [0.15, 0.2) is 0 Å². The number of hydrogen-bond donors (Lipinski definition) is 2. The molecule has 2 amide bonds. The molecule has 0 radical (unpaired) electrons. The Balaban J connectivity index is 2.72. The summed E-state index contributed by atoms with van der Waals surface area (Å²) in [5, 5.41) is 2.06. The molecule has 1 aliphatic heterocycles. The molecular formula is C9H14F3N3O2. The lowest BCUT2D eigenvalue weighted by molar-refractivity contribution is -0.179. The third-order valence-corrected chi connectivity index (χ3v) is 2.74. The topological polar surface area (TPSA) is 75.4 Å². The fraction of sp³-hybridized carbons (Fsp3) is 0.778. The number of rotatable bonds is 3. The van der Waals surface area contributed by atoms with E-state index in [1.807, 2.05) is 0 Å². The number of amides is 2. The zero-order valence-corrected chi connectivity index (χ0v) is 9.25. The van der Waals surface area contributed by atoms with Crippen LogP contribution in [0.2, 0.25) is 0 Å². The van der Waals surface area contributed by atoms with Crippen molar-refractivity contribution in [2.24, 2.45) is 11.7 Å². The molecule has 0 aromatic rings. The summed E-state index contributed by atoms with van der Waals surface area (Å²) in [6, 6.07) is -0.760. The van der Waals surface area contributed by atoms with Crippen LogP contribution in [0.25, 0.3) is 0 Å². The van der Waals surface area contributed by atoms with Crippen molar-refractivity contribution in [3.63, 3.8) is 0 Å². The summed E-state index contributed by atoms with van der Waals surface area (Å²) >= 11 is 0. The molecule has 2 unspecified atom stereocenters. The highest BCUT2D eigenvalue weighted by atomic mass is 19.4. The Kier molecular flexibility index (Phi) is 4.10. The fourth-order valence-corrected chi connectivity index (χ4v) is 1.59. The molecular weight excluding hydrogens is 239 g/mol. The van der Waals surface area contributed by atoms with Crippen LogP contribution in [0.5, 0.6) is 0 Å². The van der Waals surface area contributed by atoms with E-state index in [9.17, 15) is 22.8 Å². The summed E-state index contributed by atoms with van der Waals surface area (Å²) < 4.78 is 37.5. The molecule has 17 heavy (non-hydrogen) atoms. The first-order valence-corrected chi connectivity index (χ1v) is 5.10. The number of nitrogens with one attached hydrogen (secondary N) is 1. The maximum atomic E-state index is 12.5. The van der Waals surface area contributed by atoms with Crippen molar-refractivity contribution < 1.29 is 22.8 Å². The summed E-state index contributed by atoms with van der Waals surface area (Å²) in [5.41, 5.74) is 5.06. The minimum atomic E-state index is -4.43. The lowest BCUT2D eigenvalue weighted by Crippen LogP contribution is -2.59. The van der Waals surface area contributed by atoms with Crippen molar-refractivity contribution >= 4 is 11.8 Å². The minimum absolute atomic E-state index is 0.223. The van der Waals surface area contributed by atoms with Crippen molar-refractivity contribution in [1.29, 1.82) is 0 Å². The molecule has 0 saturated carbocycles. The summed E-state index contributed by atoms with van der Waals surface area (Å²) in [4.78, 5) is 23.5. The molecule has 1 saturated heterocycles. The van der Waals surface area contributed by atoms with Crippen molar-refractivity contribution in [2.45, 2.75) is 19.1 Å². The van der Waals surface area contributed by atoms with Crippen LogP contribution in [0.1, 0.15) is 6.92 Å². The van der Waals surface area contributed by atoms with Crippen molar-refractivity contribution in [2.75, 3.05) is 19.6 Å². The Morgan fingerprint density at radius 3 is 2.59 bits per heavy atom. The van der Waals surface area contributed by atoms with Gasteiger partial charge in [-0.2, -0.15) is 13.2 Å². The number of nitrogens with zero attached hydrogens (tertiary/aromatic N) is 1. The van der Waals surface area contributed by atoms with E-state index in [2.05, 4.69) is 5.32 Å². The Labute approximate surface area is 96.1 Å². The first-order valence-electron chi connectivity index (χ1n) is 5.10. The molecule has 0 aliphatic carbocycles. The highest BCUT2D eigenvalue weighted by molar-refractivity contribution is 6.00. The van der Waals surface area contributed by atoms with Gasteiger partial charge in [0.2, 0.25) is 11.8 Å². The van der Waals surface area contributed by atoms with Crippen LogP contribution in [-0.4, -0.2) is 48.6 Å². The molecule has 2 atom stereocenters. The maximum Gasteiger partial charge on any atom is 0.394 e. The summed E-state index contributed by atoms with van der Waals surface area (Å²) in [7, 11) is 0. The smallest absolute Gasteiger partial charge is 0.330 e. The molecule has 0 spiro atoms. The van der Waals surface area contributed by atoms with Crippen LogP contribution < -0.4 is 11.1 Å². The number of alkyl halides is 3. The molecule has 8 heteroatoms. The van der Waals surface area contributed by atoms with Crippen LogP contribution in [0.15, 0.2) is 0 Å². The van der Waals surface area contributed by atoms with Crippen molar-refractivity contribution in [3.8, 4) is 0 Å². The first-order chi connectivity index (χ1) is 7.75. The quantitative estimate of drug-likeness (QED) is 0.663. The average Bonchev–Trinajstić information content (AvgIpc) is 2.19. The van der Waals surface area contributed by atoms with Gasteiger partial charge in [0.1, 0.15) is 0 Å². The summed E-state index contributed by atoms with van der Waals surface area (Å²) in [5.74, 6) is -2.91. The van der Waals surface area contributed by atoms with E-state index >= 15 is 0 Å². The zero-order chi connectivity index (χ0) is 13.2. The Morgan fingerprint density at radius 2 is 2.12 bits per heavy atom. The molecule has 1 heterocycles. The standard InChI is InChI=1S/C9H14F3N3O2/c1-5-8(17)14-7(16)4-15(5)3-6(2-13)9(10,11)12/h5-6H,2-4,13H2,1H3,(H,14,16,17). The number of imide groups is 1. The Bertz CT molecular complexity index is 319. The van der Waals surface area contributed by atoms with E-state index in [1.165, 1.54) is 11.8 Å². The SMILES string of the molecule is CC1C(=O)NC(=O)CN1CC(CN)C(F)(F)F. The molecule has 1 rings (SSSR count). The largest absolute Gasteiger partial charge is 0.394 e. The lowest BCUT2D eigenvalue weighted by atomic mass is 10.1. The average molecular weight is 253 g/mol.